The Labute approximate surface area is 122 Å². The second-order valence-corrected chi connectivity index (χ2v) is 5.70. The number of rotatable bonds is 4. The van der Waals surface area contributed by atoms with Gasteiger partial charge in [0, 0.05) is 5.92 Å². The van der Waals surface area contributed by atoms with Crippen molar-refractivity contribution in [2.75, 3.05) is 13.6 Å². The van der Waals surface area contributed by atoms with E-state index in [0.29, 0.717) is 5.92 Å². The topological polar surface area (TPSA) is 12.0 Å². The number of hydrogen-bond acceptors (Lipinski definition) is 1. The molecule has 1 heteroatoms. The summed E-state index contributed by atoms with van der Waals surface area (Å²) in [5, 5.41) is 3.27. The van der Waals surface area contributed by atoms with E-state index >= 15 is 0 Å². The van der Waals surface area contributed by atoms with Crippen molar-refractivity contribution in [3.8, 4) is 0 Å². The summed E-state index contributed by atoms with van der Waals surface area (Å²) in [6.07, 6.45) is 4.81. The molecule has 0 bridgehead atoms. The number of nitrogens with one attached hydrogen (secondary N) is 1. The number of hydrogen-bond donors (Lipinski definition) is 1. The lowest BCUT2D eigenvalue weighted by atomic mass is 9.85. The van der Waals surface area contributed by atoms with Crippen LogP contribution in [0, 0.1) is 0 Å². The van der Waals surface area contributed by atoms with E-state index in [-0.39, 0.29) is 0 Å². The zero-order valence-corrected chi connectivity index (χ0v) is 12.2. The Kier molecular flexibility index (Phi) is 4.17. The second-order valence-electron chi connectivity index (χ2n) is 5.70. The lowest BCUT2D eigenvalue weighted by molar-refractivity contribution is 0.627. The van der Waals surface area contributed by atoms with Crippen LogP contribution < -0.4 is 5.32 Å². The Morgan fingerprint density at radius 1 is 0.900 bits per heavy atom. The first-order chi connectivity index (χ1) is 9.90. The molecule has 0 aliphatic heterocycles. The van der Waals surface area contributed by atoms with E-state index in [1.54, 1.807) is 11.1 Å². The van der Waals surface area contributed by atoms with Crippen molar-refractivity contribution in [1.29, 1.82) is 0 Å². The minimum atomic E-state index is 0.568. The van der Waals surface area contributed by atoms with Gasteiger partial charge in [0.15, 0.2) is 0 Å². The average Bonchev–Trinajstić information content (AvgIpc) is 2.66. The number of fused-ring (bicyclic) bond motifs is 2. The van der Waals surface area contributed by atoms with E-state index in [0.717, 1.165) is 6.54 Å². The van der Waals surface area contributed by atoms with E-state index in [4.69, 9.17) is 0 Å². The molecule has 0 unspecified atom stereocenters. The third-order valence-corrected chi connectivity index (χ3v) is 4.44. The molecular formula is C19H23N. The van der Waals surface area contributed by atoms with Gasteiger partial charge in [-0.25, -0.2) is 0 Å². The van der Waals surface area contributed by atoms with E-state index < -0.39 is 0 Å². The van der Waals surface area contributed by atoms with Crippen molar-refractivity contribution in [3.63, 3.8) is 0 Å². The van der Waals surface area contributed by atoms with E-state index in [1.807, 2.05) is 7.05 Å². The van der Waals surface area contributed by atoms with Crippen molar-refractivity contribution >= 4 is 0 Å². The summed E-state index contributed by atoms with van der Waals surface area (Å²) in [5.74, 6) is 0.568. The fraction of sp³-hybridized carbons (Fsp3) is 0.368. The molecule has 1 nitrogen and oxygen atoms in total. The van der Waals surface area contributed by atoms with Crippen LogP contribution in [0.25, 0.3) is 0 Å². The van der Waals surface area contributed by atoms with E-state index in [2.05, 4.69) is 53.8 Å². The van der Waals surface area contributed by atoms with E-state index in [1.165, 1.54) is 36.8 Å². The van der Waals surface area contributed by atoms with Crippen LogP contribution in [0.4, 0.5) is 0 Å². The highest BCUT2D eigenvalue weighted by Gasteiger charge is 2.22. The minimum absolute atomic E-state index is 0.568. The first kappa shape index (κ1) is 13.4. The molecule has 0 aromatic heterocycles. The first-order valence-corrected chi connectivity index (χ1v) is 7.70. The van der Waals surface area contributed by atoms with Crippen LogP contribution in [-0.2, 0) is 12.8 Å². The van der Waals surface area contributed by atoms with Crippen LogP contribution in [0.15, 0.2) is 48.5 Å². The Hall–Kier alpha value is -1.60. The molecule has 0 heterocycles. The molecular weight excluding hydrogens is 242 g/mol. The number of aryl methyl sites for hydroxylation is 2. The van der Waals surface area contributed by atoms with Crippen LogP contribution in [0.5, 0.6) is 0 Å². The highest BCUT2D eigenvalue weighted by molar-refractivity contribution is 5.44. The average molecular weight is 265 g/mol. The Bertz CT molecular complexity index is 526. The molecule has 0 atom stereocenters. The molecule has 104 valence electrons. The van der Waals surface area contributed by atoms with Crippen LogP contribution in [0.3, 0.4) is 0 Å². The zero-order chi connectivity index (χ0) is 13.8. The van der Waals surface area contributed by atoms with E-state index in [9.17, 15) is 0 Å². The molecule has 3 rings (SSSR count). The van der Waals surface area contributed by atoms with Crippen LogP contribution in [0.2, 0.25) is 0 Å². The van der Waals surface area contributed by atoms with Gasteiger partial charge in [-0.05, 0) is 61.5 Å². The summed E-state index contributed by atoms with van der Waals surface area (Å²) < 4.78 is 0. The van der Waals surface area contributed by atoms with Gasteiger partial charge in [0.2, 0.25) is 0 Å². The summed E-state index contributed by atoms with van der Waals surface area (Å²) in [5.41, 5.74) is 6.18. The SMILES string of the molecule is CNCCCC1c2ccccc2CCc2ccccc21. The predicted molar refractivity (Wildman–Crippen MR) is 85.3 cm³/mol. The molecule has 1 N–H and O–H groups in total. The van der Waals surface area contributed by atoms with Gasteiger partial charge in [-0.15, -0.1) is 0 Å². The lowest BCUT2D eigenvalue weighted by Gasteiger charge is -2.20. The smallest absolute Gasteiger partial charge is 0.00952 e. The second kappa shape index (κ2) is 6.23. The molecule has 0 saturated heterocycles. The lowest BCUT2D eigenvalue weighted by Crippen LogP contribution is -2.11. The van der Waals surface area contributed by atoms with Crippen LogP contribution in [-0.4, -0.2) is 13.6 Å². The maximum atomic E-state index is 3.27. The van der Waals surface area contributed by atoms with Gasteiger partial charge < -0.3 is 5.32 Å². The molecule has 0 radical (unpaired) electrons. The molecule has 2 aromatic carbocycles. The predicted octanol–water partition coefficient (Wildman–Crippen LogP) is 3.92. The largest absolute Gasteiger partial charge is 0.320 e. The van der Waals surface area contributed by atoms with Gasteiger partial charge in [0.1, 0.15) is 0 Å². The Morgan fingerprint density at radius 3 is 2.00 bits per heavy atom. The molecule has 0 amide bonds. The van der Waals surface area contributed by atoms with Gasteiger partial charge in [0.25, 0.3) is 0 Å². The molecule has 0 spiro atoms. The summed E-state index contributed by atoms with van der Waals surface area (Å²) in [4.78, 5) is 0. The van der Waals surface area contributed by atoms with Crippen molar-refractivity contribution < 1.29 is 0 Å². The zero-order valence-electron chi connectivity index (χ0n) is 12.2. The normalized spacial score (nSPS) is 14.4. The standard InChI is InChI=1S/C19H23N/c1-20-14-6-11-19-17-9-4-2-7-15(17)12-13-16-8-3-5-10-18(16)19/h2-5,7-10,19-20H,6,11-14H2,1H3. The maximum Gasteiger partial charge on any atom is 0.00952 e. The van der Waals surface area contributed by atoms with Crippen molar-refractivity contribution in [2.24, 2.45) is 0 Å². The summed E-state index contributed by atoms with van der Waals surface area (Å²) >= 11 is 0. The molecule has 0 fully saturated rings. The molecule has 1 aliphatic carbocycles. The highest BCUT2D eigenvalue weighted by atomic mass is 14.8. The van der Waals surface area contributed by atoms with Gasteiger partial charge >= 0.3 is 0 Å². The first-order valence-electron chi connectivity index (χ1n) is 7.70. The molecule has 2 aromatic rings. The third-order valence-electron chi connectivity index (χ3n) is 4.44. The van der Waals surface area contributed by atoms with Gasteiger partial charge in [-0.2, -0.15) is 0 Å². The maximum absolute atomic E-state index is 3.27. The molecule has 20 heavy (non-hydrogen) atoms. The highest BCUT2D eigenvalue weighted by Crippen LogP contribution is 2.36. The Morgan fingerprint density at radius 2 is 1.45 bits per heavy atom. The molecule has 0 saturated carbocycles. The van der Waals surface area contributed by atoms with Crippen molar-refractivity contribution in [1.82, 2.24) is 5.32 Å². The molecule has 1 aliphatic rings. The fourth-order valence-electron chi connectivity index (χ4n) is 3.43. The summed E-state index contributed by atoms with van der Waals surface area (Å²) in [7, 11) is 2.04. The van der Waals surface area contributed by atoms with Crippen LogP contribution in [0.1, 0.15) is 41.0 Å². The van der Waals surface area contributed by atoms with Gasteiger partial charge in [-0.3, -0.25) is 0 Å². The Balaban J connectivity index is 2.00. The number of benzene rings is 2. The monoisotopic (exact) mass is 265 g/mol. The quantitative estimate of drug-likeness (QED) is 0.826. The van der Waals surface area contributed by atoms with Crippen molar-refractivity contribution in [3.05, 3.63) is 70.8 Å². The van der Waals surface area contributed by atoms with Gasteiger partial charge in [0.05, 0.1) is 0 Å². The summed E-state index contributed by atoms with van der Waals surface area (Å²) in [6, 6.07) is 18.0. The van der Waals surface area contributed by atoms with Crippen LogP contribution >= 0.6 is 0 Å². The summed E-state index contributed by atoms with van der Waals surface area (Å²) in [6.45, 7) is 1.10. The minimum Gasteiger partial charge on any atom is -0.320 e. The third kappa shape index (κ3) is 2.64. The van der Waals surface area contributed by atoms with Crippen molar-refractivity contribution in [2.45, 2.75) is 31.6 Å². The fourth-order valence-corrected chi connectivity index (χ4v) is 3.43. The van der Waals surface area contributed by atoms with Gasteiger partial charge in [-0.1, -0.05) is 48.5 Å².